The highest BCUT2D eigenvalue weighted by molar-refractivity contribution is 5.59. The molecule has 0 bridgehead atoms. The van der Waals surface area contributed by atoms with E-state index in [2.05, 4.69) is 6.92 Å². The second kappa shape index (κ2) is 4.75. The summed E-state index contributed by atoms with van der Waals surface area (Å²) in [7, 11) is 0. The third-order valence-electron chi connectivity index (χ3n) is 3.54. The number of aldehydes is 1. The summed E-state index contributed by atoms with van der Waals surface area (Å²) in [5.41, 5.74) is -0.180. The summed E-state index contributed by atoms with van der Waals surface area (Å²) in [4.78, 5) is 11.0. The van der Waals surface area contributed by atoms with Gasteiger partial charge in [-0.05, 0) is 38.0 Å². The van der Waals surface area contributed by atoms with Gasteiger partial charge in [0.25, 0.3) is 0 Å². The molecule has 0 aliphatic heterocycles. The largest absolute Gasteiger partial charge is 0.396 e. The highest BCUT2D eigenvalue weighted by Gasteiger charge is 2.33. The summed E-state index contributed by atoms with van der Waals surface area (Å²) < 4.78 is 0. The van der Waals surface area contributed by atoms with Crippen LogP contribution in [-0.2, 0) is 4.79 Å². The molecule has 1 aliphatic rings. The van der Waals surface area contributed by atoms with Crippen molar-refractivity contribution < 1.29 is 9.90 Å². The highest BCUT2D eigenvalue weighted by Crippen LogP contribution is 2.40. The van der Waals surface area contributed by atoms with E-state index in [0.29, 0.717) is 6.42 Å². The minimum absolute atomic E-state index is 0.148. The molecular formula is C11H20O2. The molecule has 0 heterocycles. The van der Waals surface area contributed by atoms with Crippen LogP contribution in [0.3, 0.4) is 0 Å². The Hall–Kier alpha value is -0.370. The predicted molar refractivity (Wildman–Crippen MR) is 52.4 cm³/mol. The minimum atomic E-state index is -0.180. The third-order valence-corrected chi connectivity index (χ3v) is 3.54. The van der Waals surface area contributed by atoms with Gasteiger partial charge in [0, 0.05) is 12.0 Å². The molecule has 0 unspecified atom stereocenters. The molecule has 2 nitrogen and oxygen atoms in total. The fourth-order valence-electron chi connectivity index (χ4n) is 2.31. The molecule has 0 aromatic rings. The Bertz CT molecular complexity index is 157. The molecule has 1 saturated carbocycles. The van der Waals surface area contributed by atoms with Gasteiger partial charge in [0.05, 0.1) is 0 Å². The standard InChI is InChI=1S/C11H20O2/c1-2-10-3-5-11(9-13,6-4-10)7-8-12/h9-10,12H,2-8H2,1H3. The van der Waals surface area contributed by atoms with E-state index in [0.717, 1.165) is 37.9 Å². The summed E-state index contributed by atoms with van der Waals surface area (Å²) in [5, 5.41) is 8.88. The SMILES string of the molecule is CCC1CCC(C=O)(CCO)CC1. The maximum atomic E-state index is 11.0. The number of carbonyl (C=O) groups excluding carboxylic acids is 1. The zero-order valence-corrected chi connectivity index (χ0v) is 8.46. The van der Waals surface area contributed by atoms with Crippen LogP contribution in [0.2, 0.25) is 0 Å². The van der Waals surface area contributed by atoms with Crippen molar-refractivity contribution in [3.05, 3.63) is 0 Å². The Kier molecular flexibility index (Phi) is 3.91. The van der Waals surface area contributed by atoms with Gasteiger partial charge in [-0.15, -0.1) is 0 Å². The first-order valence-electron chi connectivity index (χ1n) is 5.33. The van der Waals surface area contributed by atoms with Crippen LogP contribution in [-0.4, -0.2) is 18.0 Å². The minimum Gasteiger partial charge on any atom is -0.396 e. The van der Waals surface area contributed by atoms with Crippen LogP contribution in [0.25, 0.3) is 0 Å². The summed E-state index contributed by atoms with van der Waals surface area (Å²) in [6, 6.07) is 0. The van der Waals surface area contributed by atoms with Crippen molar-refractivity contribution in [2.24, 2.45) is 11.3 Å². The monoisotopic (exact) mass is 184 g/mol. The first-order chi connectivity index (χ1) is 6.26. The van der Waals surface area contributed by atoms with Gasteiger partial charge in [-0.1, -0.05) is 13.3 Å². The lowest BCUT2D eigenvalue weighted by Gasteiger charge is -2.35. The van der Waals surface area contributed by atoms with E-state index in [4.69, 9.17) is 5.11 Å². The Morgan fingerprint density at radius 2 is 2.08 bits per heavy atom. The molecule has 13 heavy (non-hydrogen) atoms. The molecule has 0 spiro atoms. The van der Waals surface area contributed by atoms with Crippen molar-refractivity contribution in [3.8, 4) is 0 Å². The van der Waals surface area contributed by atoms with Gasteiger partial charge in [0.2, 0.25) is 0 Å². The molecule has 1 N–H and O–H groups in total. The summed E-state index contributed by atoms with van der Waals surface area (Å²) in [5.74, 6) is 0.812. The Labute approximate surface area is 80.3 Å². The zero-order chi connectivity index (χ0) is 9.73. The van der Waals surface area contributed by atoms with E-state index >= 15 is 0 Å². The predicted octanol–water partition coefficient (Wildman–Crippen LogP) is 2.15. The molecule has 0 radical (unpaired) electrons. The van der Waals surface area contributed by atoms with Crippen molar-refractivity contribution in [2.75, 3.05) is 6.61 Å². The molecule has 1 fully saturated rings. The maximum absolute atomic E-state index is 11.0. The smallest absolute Gasteiger partial charge is 0.126 e. The average molecular weight is 184 g/mol. The van der Waals surface area contributed by atoms with Crippen LogP contribution in [0.15, 0.2) is 0 Å². The normalized spacial score (nSPS) is 34.5. The van der Waals surface area contributed by atoms with Crippen molar-refractivity contribution >= 4 is 6.29 Å². The van der Waals surface area contributed by atoms with Crippen molar-refractivity contribution in [1.29, 1.82) is 0 Å². The summed E-state index contributed by atoms with van der Waals surface area (Å²) in [6.07, 6.45) is 7.26. The lowest BCUT2D eigenvalue weighted by Crippen LogP contribution is -2.29. The van der Waals surface area contributed by atoms with Gasteiger partial charge < -0.3 is 9.90 Å². The van der Waals surface area contributed by atoms with Gasteiger partial charge in [-0.2, -0.15) is 0 Å². The van der Waals surface area contributed by atoms with Crippen molar-refractivity contribution in [2.45, 2.75) is 45.4 Å². The molecule has 0 saturated heterocycles. The maximum Gasteiger partial charge on any atom is 0.126 e. The molecule has 0 amide bonds. The van der Waals surface area contributed by atoms with E-state index in [-0.39, 0.29) is 12.0 Å². The number of aliphatic hydroxyl groups excluding tert-OH is 1. The average Bonchev–Trinajstić information content (AvgIpc) is 2.19. The molecule has 1 aliphatic carbocycles. The van der Waals surface area contributed by atoms with Crippen LogP contribution in [0, 0.1) is 11.3 Å². The lowest BCUT2D eigenvalue weighted by atomic mass is 9.69. The fraction of sp³-hybridized carbons (Fsp3) is 0.909. The Morgan fingerprint density at radius 3 is 2.46 bits per heavy atom. The molecule has 2 heteroatoms. The zero-order valence-electron chi connectivity index (χ0n) is 8.46. The van der Waals surface area contributed by atoms with Gasteiger partial charge >= 0.3 is 0 Å². The number of hydrogen-bond donors (Lipinski definition) is 1. The number of aliphatic hydroxyl groups is 1. The van der Waals surface area contributed by atoms with Gasteiger partial charge in [0.1, 0.15) is 6.29 Å². The summed E-state index contributed by atoms with van der Waals surface area (Å²) in [6.45, 7) is 2.36. The molecule has 0 atom stereocenters. The first kappa shape index (κ1) is 10.7. The van der Waals surface area contributed by atoms with Crippen LogP contribution in [0.5, 0.6) is 0 Å². The van der Waals surface area contributed by atoms with Crippen molar-refractivity contribution in [1.82, 2.24) is 0 Å². The third kappa shape index (κ3) is 2.53. The van der Waals surface area contributed by atoms with E-state index in [1.54, 1.807) is 0 Å². The lowest BCUT2D eigenvalue weighted by molar-refractivity contribution is -0.119. The van der Waals surface area contributed by atoms with Gasteiger partial charge in [0.15, 0.2) is 0 Å². The molecule has 1 rings (SSSR count). The van der Waals surface area contributed by atoms with E-state index in [1.165, 1.54) is 6.42 Å². The first-order valence-corrected chi connectivity index (χ1v) is 5.33. The van der Waals surface area contributed by atoms with Crippen LogP contribution >= 0.6 is 0 Å². The van der Waals surface area contributed by atoms with Gasteiger partial charge in [-0.3, -0.25) is 0 Å². The van der Waals surface area contributed by atoms with E-state index in [1.807, 2.05) is 0 Å². The highest BCUT2D eigenvalue weighted by atomic mass is 16.3. The Morgan fingerprint density at radius 1 is 1.46 bits per heavy atom. The molecule has 0 aromatic carbocycles. The van der Waals surface area contributed by atoms with Gasteiger partial charge in [-0.25, -0.2) is 0 Å². The van der Waals surface area contributed by atoms with E-state index < -0.39 is 0 Å². The van der Waals surface area contributed by atoms with Crippen LogP contribution in [0.4, 0.5) is 0 Å². The molecule has 76 valence electrons. The van der Waals surface area contributed by atoms with E-state index in [9.17, 15) is 4.79 Å². The topological polar surface area (TPSA) is 37.3 Å². The number of carbonyl (C=O) groups is 1. The van der Waals surface area contributed by atoms with Crippen molar-refractivity contribution in [3.63, 3.8) is 0 Å². The van der Waals surface area contributed by atoms with Crippen LogP contribution in [0.1, 0.15) is 45.4 Å². The fourth-order valence-corrected chi connectivity index (χ4v) is 2.31. The second-order valence-corrected chi connectivity index (χ2v) is 4.31. The number of rotatable bonds is 4. The Balaban J connectivity index is 2.47. The van der Waals surface area contributed by atoms with Crippen LogP contribution < -0.4 is 0 Å². The molecule has 0 aromatic heterocycles. The number of hydrogen-bond acceptors (Lipinski definition) is 2. The summed E-state index contributed by atoms with van der Waals surface area (Å²) >= 11 is 0. The molecular weight excluding hydrogens is 164 g/mol. The second-order valence-electron chi connectivity index (χ2n) is 4.31. The quantitative estimate of drug-likeness (QED) is 0.680.